The topological polar surface area (TPSA) is 65.8 Å². The number of amides is 1. The number of aryl methyl sites for hydroxylation is 2. The molecule has 0 aromatic carbocycles. The van der Waals surface area contributed by atoms with Gasteiger partial charge in [-0.1, -0.05) is 0 Å². The van der Waals surface area contributed by atoms with Gasteiger partial charge < -0.3 is 0 Å². The van der Waals surface area contributed by atoms with Gasteiger partial charge in [0.2, 0.25) is 0 Å². The minimum Gasteiger partial charge on any atom is -0.286 e. The minimum absolute atomic E-state index is 0.501. The van der Waals surface area contributed by atoms with Gasteiger partial charge in [-0.15, -0.1) is 11.3 Å². The third-order valence-corrected chi connectivity index (χ3v) is 2.65. The average Bonchev–Trinajstić information content (AvgIpc) is 2.33. The molecule has 0 radical (unpaired) electrons. The second-order valence-electron chi connectivity index (χ2n) is 2.34. The zero-order valence-corrected chi connectivity index (χ0v) is 7.55. The van der Waals surface area contributed by atoms with Crippen molar-refractivity contribution in [2.45, 2.75) is 13.8 Å². The second kappa shape index (κ2) is 3.38. The van der Waals surface area contributed by atoms with Crippen molar-refractivity contribution < 1.29 is 4.79 Å². The van der Waals surface area contributed by atoms with Crippen LogP contribution >= 0.6 is 11.3 Å². The fourth-order valence-electron chi connectivity index (χ4n) is 0.768. The van der Waals surface area contributed by atoms with E-state index in [2.05, 4.69) is 10.0 Å². The molecule has 0 fully saturated rings. The van der Waals surface area contributed by atoms with Crippen molar-refractivity contribution in [2.24, 2.45) is 5.11 Å². The molecular weight excluding hydrogens is 174 g/mol. The van der Waals surface area contributed by atoms with E-state index in [1.54, 1.807) is 6.07 Å². The van der Waals surface area contributed by atoms with Crippen LogP contribution in [0.1, 0.15) is 20.1 Å². The van der Waals surface area contributed by atoms with Crippen LogP contribution in [-0.2, 0) is 0 Å². The summed E-state index contributed by atoms with van der Waals surface area (Å²) in [5, 5.41) is 3.00. The maximum atomic E-state index is 11.0. The molecule has 12 heavy (non-hydrogen) atoms. The highest BCUT2D eigenvalue weighted by Crippen LogP contribution is 2.21. The molecule has 0 saturated carbocycles. The second-order valence-corrected chi connectivity index (χ2v) is 3.60. The Bertz CT molecular complexity index is 343. The number of hydrogen-bond acceptors (Lipinski definition) is 2. The molecule has 1 heterocycles. The van der Waals surface area contributed by atoms with Gasteiger partial charge in [-0.3, -0.25) is 4.79 Å². The van der Waals surface area contributed by atoms with Crippen molar-refractivity contribution in [1.82, 2.24) is 0 Å². The molecule has 4 nitrogen and oxygen atoms in total. The van der Waals surface area contributed by atoms with Crippen molar-refractivity contribution in [2.75, 3.05) is 0 Å². The Hall–Kier alpha value is -1.32. The lowest BCUT2D eigenvalue weighted by molar-refractivity contribution is 0.100. The van der Waals surface area contributed by atoms with Crippen LogP contribution in [0.3, 0.4) is 0 Å². The van der Waals surface area contributed by atoms with Crippen molar-refractivity contribution >= 4 is 17.2 Å². The Morgan fingerprint density at radius 3 is 2.75 bits per heavy atom. The Labute approximate surface area is 73.5 Å². The Morgan fingerprint density at radius 1 is 1.67 bits per heavy atom. The highest BCUT2D eigenvalue weighted by molar-refractivity contribution is 7.14. The molecule has 0 bridgehead atoms. The van der Waals surface area contributed by atoms with Crippen molar-refractivity contribution in [3.63, 3.8) is 0 Å². The quantitative estimate of drug-likeness (QED) is 0.373. The lowest BCUT2D eigenvalue weighted by Crippen LogP contribution is -1.86. The van der Waals surface area contributed by atoms with Gasteiger partial charge in [0.1, 0.15) is 0 Å². The monoisotopic (exact) mass is 181 g/mol. The van der Waals surface area contributed by atoms with E-state index in [0.717, 1.165) is 10.4 Å². The van der Waals surface area contributed by atoms with Crippen LogP contribution in [0.15, 0.2) is 11.2 Å². The molecule has 0 aliphatic heterocycles. The average molecular weight is 181 g/mol. The van der Waals surface area contributed by atoms with E-state index in [-0.39, 0.29) is 0 Å². The summed E-state index contributed by atoms with van der Waals surface area (Å²) in [4.78, 5) is 15.0. The van der Waals surface area contributed by atoms with Crippen molar-refractivity contribution in [1.29, 1.82) is 0 Å². The first kappa shape index (κ1) is 8.77. The fraction of sp³-hybridized carbons (Fsp3) is 0.286. The predicted octanol–water partition coefficient (Wildman–Crippen LogP) is 2.82. The third kappa shape index (κ3) is 1.64. The molecule has 1 amide bonds. The van der Waals surface area contributed by atoms with E-state index in [1.165, 1.54) is 11.3 Å². The number of carbonyl (C=O) groups is 1. The fourth-order valence-corrected chi connectivity index (χ4v) is 1.68. The summed E-state index contributed by atoms with van der Waals surface area (Å²) in [5.74, 6) is -0.501. The Kier molecular flexibility index (Phi) is 2.47. The Morgan fingerprint density at radius 2 is 2.33 bits per heavy atom. The number of carbonyl (C=O) groups excluding carboxylic acids is 1. The van der Waals surface area contributed by atoms with Gasteiger partial charge in [-0.05, 0) is 36.1 Å². The SMILES string of the molecule is Cc1cc(C(=O)N=[N+]=[N-])sc1C. The lowest BCUT2D eigenvalue weighted by Gasteiger charge is -1.81. The van der Waals surface area contributed by atoms with Gasteiger partial charge in [0.25, 0.3) is 5.91 Å². The number of azide groups is 1. The molecule has 62 valence electrons. The van der Waals surface area contributed by atoms with E-state index in [0.29, 0.717) is 4.88 Å². The molecule has 1 aromatic heterocycles. The number of nitrogens with zero attached hydrogens (tertiary/aromatic N) is 3. The smallest absolute Gasteiger partial charge is 0.259 e. The zero-order valence-electron chi connectivity index (χ0n) is 6.74. The van der Waals surface area contributed by atoms with Crippen LogP contribution in [0.5, 0.6) is 0 Å². The van der Waals surface area contributed by atoms with Crippen LogP contribution in [0.25, 0.3) is 10.4 Å². The molecular formula is C7H7N3OS. The first-order valence-electron chi connectivity index (χ1n) is 3.31. The molecule has 0 saturated heterocycles. The highest BCUT2D eigenvalue weighted by atomic mass is 32.1. The van der Waals surface area contributed by atoms with Crippen LogP contribution < -0.4 is 0 Å². The van der Waals surface area contributed by atoms with Gasteiger partial charge in [0.05, 0.1) is 4.88 Å². The molecule has 1 aromatic rings. The zero-order chi connectivity index (χ0) is 9.14. The van der Waals surface area contributed by atoms with Crippen LogP contribution in [0.4, 0.5) is 0 Å². The maximum Gasteiger partial charge on any atom is 0.259 e. The van der Waals surface area contributed by atoms with E-state index < -0.39 is 5.91 Å². The van der Waals surface area contributed by atoms with E-state index in [9.17, 15) is 4.79 Å². The van der Waals surface area contributed by atoms with Gasteiger partial charge in [-0.25, -0.2) is 0 Å². The highest BCUT2D eigenvalue weighted by Gasteiger charge is 2.07. The molecule has 0 aliphatic carbocycles. The van der Waals surface area contributed by atoms with E-state index in [4.69, 9.17) is 5.53 Å². The number of hydrogen-bond donors (Lipinski definition) is 0. The van der Waals surface area contributed by atoms with Gasteiger partial charge in [-0.2, -0.15) is 0 Å². The molecule has 0 spiro atoms. The normalized spacial score (nSPS) is 9.17. The van der Waals surface area contributed by atoms with Gasteiger partial charge >= 0.3 is 0 Å². The third-order valence-electron chi connectivity index (χ3n) is 1.51. The van der Waals surface area contributed by atoms with Crippen molar-refractivity contribution in [3.05, 3.63) is 31.8 Å². The molecule has 0 N–H and O–H groups in total. The number of thiophene rings is 1. The summed E-state index contributed by atoms with van der Waals surface area (Å²) >= 11 is 1.35. The van der Waals surface area contributed by atoms with Crippen LogP contribution in [0.2, 0.25) is 0 Å². The first-order valence-corrected chi connectivity index (χ1v) is 4.13. The van der Waals surface area contributed by atoms with Crippen LogP contribution in [0, 0.1) is 13.8 Å². The standard InChI is InChI=1S/C7H7N3OS/c1-4-3-6(12-5(4)2)7(11)9-10-8/h3H,1-2H3. The van der Waals surface area contributed by atoms with Gasteiger partial charge in [0, 0.05) is 9.79 Å². The summed E-state index contributed by atoms with van der Waals surface area (Å²) < 4.78 is 0. The lowest BCUT2D eigenvalue weighted by atomic mass is 10.3. The maximum absolute atomic E-state index is 11.0. The van der Waals surface area contributed by atoms with Crippen LogP contribution in [-0.4, -0.2) is 5.91 Å². The summed E-state index contributed by atoms with van der Waals surface area (Å²) in [7, 11) is 0. The van der Waals surface area contributed by atoms with Crippen molar-refractivity contribution in [3.8, 4) is 0 Å². The molecule has 0 unspecified atom stereocenters. The molecule has 5 heteroatoms. The van der Waals surface area contributed by atoms with Gasteiger partial charge in [0.15, 0.2) is 0 Å². The van der Waals surface area contributed by atoms with E-state index >= 15 is 0 Å². The Balaban J connectivity index is 3.04. The minimum atomic E-state index is -0.501. The summed E-state index contributed by atoms with van der Waals surface area (Å²) in [6, 6.07) is 1.73. The molecule has 0 atom stereocenters. The van der Waals surface area contributed by atoms with E-state index in [1.807, 2.05) is 13.8 Å². The summed E-state index contributed by atoms with van der Waals surface area (Å²) in [6.07, 6.45) is 0. The largest absolute Gasteiger partial charge is 0.286 e. The number of rotatable bonds is 1. The predicted molar refractivity (Wildman–Crippen MR) is 47.3 cm³/mol. The molecule has 0 aliphatic rings. The summed E-state index contributed by atoms with van der Waals surface area (Å²) in [5.41, 5.74) is 9.07. The summed E-state index contributed by atoms with van der Waals surface area (Å²) in [6.45, 7) is 3.84. The first-order chi connectivity index (χ1) is 5.65. The molecule has 1 rings (SSSR count).